The number of thioether (sulfide) groups is 1. The van der Waals surface area contributed by atoms with Crippen molar-refractivity contribution < 1.29 is 5.11 Å². The van der Waals surface area contributed by atoms with E-state index in [1.54, 1.807) is 37.0 Å². The van der Waals surface area contributed by atoms with Crippen LogP contribution in [0.2, 0.25) is 0 Å². The molecule has 0 aromatic carbocycles. The number of nitrogens with zero attached hydrogens (tertiary/aromatic N) is 2. The van der Waals surface area contributed by atoms with E-state index in [1.807, 2.05) is 19.1 Å². The van der Waals surface area contributed by atoms with E-state index in [9.17, 15) is 9.90 Å². The Morgan fingerprint density at radius 1 is 1.44 bits per heavy atom. The largest absolute Gasteiger partial charge is 0.392 e. The zero-order valence-electron chi connectivity index (χ0n) is 10.4. The number of aromatic nitrogens is 2. The molecule has 5 heteroatoms. The monoisotopic (exact) mass is 264 g/mol. The number of aliphatic hydroxyl groups is 1. The maximum Gasteiger partial charge on any atom is 0.258 e. The number of fused-ring (bicyclic) bond motifs is 1. The smallest absolute Gasteiger partial charge is 0.258 e. The summed E-state index contributed by atoms with van der Waals surface area (Å²) in [7, 11) is 0. The quantitative estimate of drug-likeness (QED) is 0.913. The van der Waals surface area contributed by atoms with Crippen molar-refractivity contribution in [2.24, 2.45) is 0 Å². The van der Waals surface area contributed by atoms with Crippen molar-refractivity contribution in [1.29, 1.82) is 0 Å². The van der Waals surface area contributed by atoms with Gasteiger partial charge in [0.1, 0.15) is 5.65 Å². The first-order valence-corrected chi connectivity index (χ1v) is 6.90. The summed E-state index contributed by atoms with van der Waals surface area (Å²) < 4.78 is 1.52. The summed E-state index contributed by atoms with van der Waals surface area (Å²) in [6.45, 7) is 3.73. The standard InChI is InChI=1S/C13H16N2O2S/c1-9(16)10(2)18-8-11-7-13(17)15-6-4-3-5-12(15)14-11/h3-7,9-10,16H,8H2,1-2H3/t9-,10-/m0/s1. The highest BCUT2D eigenvalue weighted by molar-refractivity contribution is 7.99. The number of rotatable bonds is 4. The molecule has 0 aliphatic rings. The molecule has 2 rings (SSSR count). The van der Waals surface area contributed by atoms with Gasteiger partial charge in [-0.15, -0.1) is 11.8 Å². The van der Waals surface area contributed by atoms with Crippen LogP contribution >= 0.6 is 11.8 Å². The highest BCUT2D eigenvalue weighted by atomic mass is 32.2. The molecule has 0 bridgehead atoms. The SMILES string of the molecule is C[C@H](O)[C@H](C)SCc1cc(=O)n2ccccc2n1. The van der Waals surface area contributed by atoms with Crippen LogP contribution in [0.4, 0.5) is 0 Å². The lowest BCUT2D eigenvalue weighted by Crippen LogP contribution is -2.17. The fourth-order valence-electron chi connectivity index (χ4n) is 1.53. The Morgan fingerprint density at radius 3 is 2.94 bits per heavy atom. The van der Waals surface area contributed by atoms with Gasteiger partial charge in [0, 0.05) is 23.3 Å². The second-order valence-corrected chi connectivity index (χ2v) is 5.64. The minimum absolute atomic E-state index is 0.0686. The summed E-state index contributed by atoms with van der Waals surface area (Å²) >= 11 is 1.59. The van der Waals surface area contributed by atoms with Crippen molar-refractivity contribution in [2.75, 3.05) is 0 Å². The molecule has 96 valence electrons. The van der Waals surface area contributed by atoms with Gasteiger partial charge in [0.05, 0.1) is 11.8 Å². The van der Waals surface area contributed by atoms with Gasteiger partial charge in [-0.25, -0.2) is 4.98 Å². The number of pyridine rings is 1. The number of hydrogen-bond donors (Lipinski definition) is 1. The van der Waals surface area contributed by atoms with Crippen LogP contribution in [0.3, 0.4) is 0 Å². The van der Waals surface area contributed by atoms with Gasteiger partial charge in [-0.3, -0.25) is 9.20 Å². The van der Waals surface area contributed by atoms with Crippen molar-refractivity contribution in [3.8, 4) is 0 Å². The molecule has 18 heavy (non-hydrogen) atoms. The van der Waals surface area contributed by atoms with Crippen LogP contribution in [-0.4, -0.2) is 25.8 Å². The van der Waals surface area contributed by atoms with Crippen LogP contribution in [0.25, 0.3) is 5.65 Å². The van der Waals surface area contributed by atoms with E-state index in [0.717, 1.165) is 5.69 Å². The fraction of sp³-hybridized carbons (Fsp3) is 0.385. The van der Waals surface area contributed by atoms with Crippen molar-refractivity contribution in [3.05, 3.63) is 46.5 Å². The molecular weight excluding hydrogens is 248 g/mol. The van der Waals surface area contributed by atoms with Crippen LogP contribution in [-0.2, 0) is 5.75 Å². The molecule has 0 amide bonds. The lowest BCUT2D eigenvalue weighted by atomic mass is 10.3. The lowest BCUT2D eigenvalue weighted by molar-refractivity contribution is 0.196. The van der Waals surface area contributed by atoms with E-state index in [1.165, 1.54) is 4.40 Å². The topological polar surface area (TPSA) is 54.6 Å². The minimum Gasteiger partial charge on any atom is -0.392 e. The van der Waals surface area contributed by atoms with Crippen molar-refractivity contribution >= 4 is 17.4 Å². The molecule has 0 spiro atoms. The molecule has 0 saturated carbocycles. The third kappa shape index (κ3) is 2.91. The first kappa shape index (κ1) is 13.1. The fourth-order valence-corrected chi connectivity index (χ4v) is 2.39. The summed E-state index contributed by atoms with van der Waals surface area (Å²) in [5.41, 5.74) is 1.34. The number of hydrogen-bond acceptors (Lipinski definition) is 4. The van der Waals surface area contributed by atoms with Crippen molar-refractivity contribution in [1.82, 2.24) is 9.38 Å². The predicted molar refractivity (Wildman–Crippen MR) is 73.9 cm³/mol. The molecule has 2 heterocycles. The molecule has 4 nitrogen and oxygen atoms in total. The minimum atomic E-state index is -0.364. The highest BCUT2D eigenvalue weighted by Gasteiger charge is 2.10. The van der Waals surface area contributed by atoms with Crippen molar-refractivity contribution in [3.63, 3.8) is 0 Å². The van der Waals surface area contributed by atoms with E-state index >= 15 is 0 Å². The molecule has 2 aromatic heterocycles. The molecule has 0 aliphatic heterocycles. The predicted octanol–water partition coefficient (Wildman–Crippen LogP) is 1.70. The van der Waals surface area contributed by atoms with Gasteiger partial charge in [0.15, 0.2) is 0 Å². The third-order valence-corrected chi connectivity index (χ3v) is 4.18. The molecule has 2 atom stereocenters. The second kappa shape index (κ2) is 5.54. The third-order valence-electron chi connectivity index (χ3n) is 2.80. The van der Waals surface area contributed by atoms with Crippen molar-refractivity contribution in [2.45, 2.75) is 31.0 Å². The normalized spacial score (nSPS) is 14.6. The summed E-state index contributed by atoms with van der Waals surface area (Å²) in [5.74, 6) is 0.632. The Labute approximate surface area is 110 Å². The molecule has 0 aliphatic carbocycles. The zero-order valence-corrected chi connectivity index (χ0v) is 11.2. The molecular formula is C13H16N2O2S. The Balaban J connectivity index is 2.22. The van der Waals surface area contributed by atoms with Crippen LogP contribution in [0.5, 0.6) is 0 Å². The average molecular weight is 264 g/mol. The molecule has 0 radical (unpaired) electrons. The van der Waals surface area contributed by atoms with Gasteiger partial charge in [-0.1, -0.05) is 13.0 Å². The van der Waals surface area contributed by atoms with Crippen LogP contribution in [0, 0.1) is 0 Å². The zero-order chi connectivity index (χ0) is 13.1. The van der Waals surface area contributed by atoms with Gasteiger partial charge < -0.3 is 5.11 Å². The molecule has 1 N–H and O–H groups in total. The second-order valence-electron chi connectivity index (χ2n) is 4.27. The summed E-state index contributed by atoms with van der Waals surface area (Å²) in [6.07, 6.45) is 1.34. The average Bonchev–Trinajstić information content (AvgIpc) is 2.36. The van der Waals surface area contributed by atoms with Gasteiger partial charge >= 0.3 is 0 Å². The Bertz CT molecular complexity index is 595. The Hall–Kier alpha value is -1.33. The maximum absolute atomic E-state index is 11.8. The Morgan fingerprint density at radius 2 is 2.22 bits per heavy atom. The molecule has 0 unspecified atom stereocenters. The highest BCUT2D eigenvalue weighted by Crippen LogP contribution is 2.18. The maximum atomic E-state index is 11.8. The molecule has 2 aromatic rings. The van der Waals surface area contributed by atoms with E-state index in [0.29, 0.717) is 11.4 Å². The van der Waals surface area contributed by atoms with Gasteiger partial charge in [0.25, 0.3) is 5.56 Å². The van der Waals surface area contributed by atoms with E-state index in [2.05, 4.69) is 4.98 Å². The summed E-state index contributed by atoms with van der Waals surface area (Å²) in [6, 6.07) is 7.03. The lowest BCUT2D eigenvalue weighted by Gasteiger charge is -2.13. The summed E-state index contributed by atoms with van der Waals surface area (Å²) in [5, 5.41) is 9.54. The van der Waals surface area contributed by atoms with E-state index < -0.39 is 0 Å². The number of aliphatic hydroxyl groups excluding tert-OH is 1. The van der Waals surface area contributed by atoms with Crippen LogP contribution in [0.15, 0.2) is 35.3 Å². The first-order chi connectivity index (χ1) is 8.58. The Kier molecular flexibility index (Phi) is 4.04. The van der Waals surface area contributed by atoms with Crippen LogP contribution in [0.1, 0.15) is 19.5 Å². The molecule has 0 saturated heterocycles. The van der Waals surface area contributed by atoms with Gasteiger partial charge in [-0.05, 0) is 19.1 Å². The van der Waals surface area contributed by atoms with E-state index in [-0.39, 0.29) is 16.9 Å². The van der Waals surface area contributed by atoms with Gasteiger partial charge in [0.2, 0.25) is 0 Å². The molecule has 0 fully saturated rings. The summed E-state index contributed by atoms with van der Waals surface area (Å²) in [4.78, 5) is 16.3. The first-order valence-electron chi connectivity index (χ1n) is 5.85. The van der Waals surface area contributed by atoms with Gasteiger partial charge in [-0.2, -0.15) is 0 Å². The van der Waals surface area contributed by atoms with E-state index in [4.69, 9.17) is 0 Å². The van der Waals surface area contributed by atoms with Crippen LogP contribution < -0.4 is 5.56 Å².